The lowest BCUT2D eigenvalue weighted by Gasteiger charge is -2.14. The lowest BCUT2D eigenvalue weighted by atomic mass is 10.0. The summed E-state index contributed by atoms with van der Waals surface area (Å²) in [4.78, 5) is 20.4. The van der Waals surface area contributed by atoms with Crippen LogP contribution in [0.2, 0.25) is 0 Å². The third-order valence-corrected chi connectivity index (χ3v) is 4.92. The number of aromatic nitrogens is 2. The van der Waals surface area contributed by atoms with E-state index in [0.717, 1.165) is 22.0 Å². The molecule has 0 aliphatic heterocycles. The number of hydrogen-bond acceptors (Lipinski definition) is 6. The second-order valence-corrected chi connectivity index (χ2v) is 6.76. The molecule has 0 bridgehead atoms. The van der Waals surface area contributed by atoms with Gasteiger partial charge in [0, 0.05) is 17.8 Å². The molecular weight excluding hydrogens is 394 g/mol. The molecule has 2 N–H and O–H groups in total. The van der Waals surface area contributed by atoms with Crippen molar-refractivity contribution in [3.8, 4) is 28.4 Å². The fourth-order valence-corrected chi connectivity index (χ4v) is 3.37. The highest BCUT2D eigenvalue weighted by Gasteiger charge is 2.13. The summed E-state index contributed by atoms with van der Waals surface area (Å²) in [7, 11) is 3.20. The number of hydrogen-bond donors (Lipinski definition) is 1. The van der Waals surface area contributed by atoms with Crippen LogP contribution >= 0.6 is 0 Å². The number of methoxy groups -OCH3 is 2. The first-order chi connectivity index (χ1) is 15.1. The Balaban J connectivity index is 1.75. The minimum Gasteiger partial charge on any atom is -0.493 e. The van der Waals surface area contributed by atoms with Gasteiger partial charge in [-0.3, -0.25) is 14.8 Å². The molecule has 156 valence electrons. The summed E-state index contributed by atoms with van der Waals surface area (Å²) in [5, 5.41) is 0.850. The van der Waals surface area contributed by atoms with E-state index in [9.17, 15) is 4.79 Å². The van der Waals surface area contributed by atoms with Gasteiger partial charge < -0.3 is 19.9 Å². The maximum Gasteiger partial charge on any atom is 0.250 e. The van der Waals surface area contributed by atoms with Gasteiger partial charge in [0.25, 0.3) is 5.91 Å². The van der Waals surface area contributed by atoms with E-state index in [1.807, 2.05) is 42.5 Å². The van der Waals surface area contributed by atoms with Gasteiger partial charge in [0.2, 0.25) is 0 Å². The molecule has 4 aromatic rings. The van der Waals surface area contributed by atoms with Crippen molar-refractivity contribution in [3.63, 3.8) is 0 Å². The quantitative estimate of drug-likeness (QED) is 0.490. The largest absolute Gasteiger partial charge is 0.493 e. The van der Waals surface area contributed by atoms with Crippen LogP contribution in [0.4, 0.5) is 0 Å². The van der Waals surface area contributed by atoms with Gasteiger partial charge in [-0.05, 0) is 59.7 Å². The number of amides is 1. The summed E-state index contributed by atoms with van der Waals surface area (Å²) < 4.78 is 16.9. The lowest BCUT2D eigenvalue weighted by molar-refractivity contribution is 0.0997. The van der Waals surface area contributed by atoms with Crippen LogP contribution in [0.1, 0.15) is 16.1 Å². The molecule has 0 atom stereocenters. The van der Waals surface area contributed by atoms with Gasteiger partial charge in [-0.25, -0.2) is 0 Å². The molecule has 1 amide bonds. The van der Waals surface area contributed by atoms with Crippen molar-refractivity contribution >= 4 is 16.8 Å². The van der Waals surface area contributed by atoms with Crippen molar-refractivity contribution in [2.45, 2.75) is 6.61 Å². The zero-order chi connectivity index (χ0) is 21.8. The number of ether oxygens (including phenoxy) is 3. The monoisotopic (exact) mass is 415 g/mol. The summed E-state index contributed by atoms with van der Waals surface area (Å²) in [5.74, 6) is 1.35. The summed E-state index contributed by atoms with van der Waals surface area (Å²) in [6.07, 6.45) is 3.33. The molecule has 7 heteroatoms. The van der Waals surface area contributed by atoms with E-state index in [1.165, 1.54) is 0 Å². The number of pyridine rings is 2. The molecule has 0 unspecified atom stereocenters. The third-order valence-electron chi connectivity index (χ3n) is 4.92. The Morgan fingerprint density at radius 3 is 2.39 bits per heavy atom. The number of rotatable bonds is 7. The predicted molar refractivity (Wildman–Crippen MR) is 117 cm³/mol. The van der Waals surface area contributed by atoms with Crippen LogP contribution in [0, 0.1) is 0 Å². The third kappa shape index (κ3) is 4.11. The second-order valence-electron chi connectivity index (χ2n) is 6.76. The Labute approximate surface area is 179 Å². The molecule has 0 saturated carbocycles. The topological polar surface area (TPSA) is 96.6 Å². The molecule has 0 aliphatic rings. The summed E-state index contributed by atoms with van der Waals surface area (Å²) >= 11 is 0. The predicted octanol–water partition coefficient (Wildman–Crippen LogP) is 3.99. The zero-order valence-electron chi connectivity index (χ0n) is 17.2. The Bertz CT molecular complexity index is 1260. The van der Waals surface area contributed by atoms with Gasteiger partial charge in [-0.1, -0.05) is 6.07 Å². The van der Waals surface area contributed by atoms with Crippen LogP contribution in [0.25, 0.3) is 22.0 Å². The van der Waals surface area contributed by atoms with E-state index in [2.05, 4.69) is 9.97 Å². The minimum absolute atomic E-state index is 0.0957. The molecule has 4 rings (SSSR count). The van der Waals surface area contributed by atoms with Crippen molar-refractivity contribution in [3.05, 3.63) is 78.2 Å². The lowest BCUT2D eigenvalue weighted by Crippen LogP contribution is -2.15. The van der Waals surface area contributed by atoms with Gasteiger partial charge >= 0.3 is 0 Å². The first kappa shape index (κ1) is 20.2. The normalized spacial score (nSPS) is 10.6. The molecule has 0 saturated heterocycles. The van der Waals surface area contributed by atoms with E-state index in [0.29, 0.717) is 28.5 Å². The van der Waals surface area contributed by atoms with Crippen molar-refractivity contribution in [2.75, 3.05) is 14.2 Å². The fourth-order valence-electron chi connectivity index (χ4n) is 3.37. The van der Waals surface area contributed by atoms with Crippen molar-refractivity contribution in [1.29, 1.82) is 0 Å². The Morgan fingerprint density at radius 1 is 0.871 bits per heavy atom. The molecular formula is C24H21N3O4. The minimum atomic E-state index is -0.544. The average Bonchev–Trinajstić information content (AvgIpc) is 2.81. The number of primary amides is 1. The van der Waals surface area contributed by atoms with E-state index in [-0.39, 0.29) is 6.61 Å². The summed E-state index contributed by atoms with van der Waals surface area (Å²) in [6, 6.07) is 16.7. The van der Waals surface area contributed by atoms with Crippen molar-refractivity contribution < 1.29 is 19.0 Å². The molecule has 0 radical (unpaired) electrons. The molecule has 0 aliphatic carbocycles. The Hall–Kier alpha value is -4.13. The highest BCUT2D eigenvalue weighted by atomic mass is 16.5. The van der Waals surface area contributed by atoms with Crippen LogP contribution in [0.3, 0.4) is 0 Å². The van der Waals surface area contributed by atoms with Gasteiger partial charge in [0.05, 0.1) is 31.0 Å². The van der Waals surface area contributed by atoms with Crippen LogP contribution in [0.15, 0.2) is 67.0 Å². The average molecular weight is 415 g/mol. The SMILES string of the molecule is COc1ccc(-c2cc(OCc3ncccc3C(N)=O)c3cccnc3c2)cc1OC. The first-order valence-corrected chi connectivity index (χ1v) is 9.58. The maximum atomic E-state index is 11.7. The summed E-state index contributed by atoms with van der Waals surface area (Å²) in [6.45, 7) is 0.0957. The number of fused-ring (bicyclic) bond motifs is 1. The number of benzene rings is 2. The molecule has 2 aromatic heterocycles. The Kier molecular flexibility index (Phi) is 5.66. The molecule has 0 spiro atoms. The van der Waals surface area contributed by atoms with Crippen LogP contribution in [-0.2, 0) is 6.61 Å². The number of nitrogens with two attached hydrogens (primary N) is 1. The Morgan fingerprint density at radius 2 is 1.61 bits per heavy atom. The molecule has 2 aromatic carbocycles. The van der Waals surface area contributed by atoms with Gasteiger partial charge in [-0.2, -0.15) is 0 Å². The number of nitrogens with zero attached hydrogens (tertiary/aromatic N) is 2. The number of carbonyl (C=O) groups excluding carboxylic acids is 1. The van der Waals surface area contributed by atoms with E-state index < -0.39 is 5.91 Å². The van der Waals surface area contributed by atoms with Crippen molar-refractivity contribution in [1.82, 2.24) is 9.97 Å². The van der Waals surface area contributed by atoms with Crippen LogP contribution < -0.4 is 19.9 Å². The van der Waals surface area contributed by atoms with Gasteiger partial charge in [-0.15, -0.1) is 0 Å². The standard InChI is InChI=1S/C24H21N3O4/c1-29-21-8-7-15(12-23(21)30-2)16-11-19-17(5-3-9-26-19)22(13-16)31-14-20-18(24(25)28)6-4-10-27-20/h3-13H,14H2,1-2H3,(H2,25,28). The van der Waals surface area contributed by atoms with E-state index in [1.54, 1.807) is 38.7 Å². The highest BCUT2D eigenvalue weighted by Crippen LogP contribution is 2.36. The molecule has 31 heavy (non-hydrogen) atoms. The smallest absolute Gasteiger partial charge is 0.250 e. The van der Waals surface area contributed by atoms with Gasteiger partial charge in [0.1, 0.15) is 12.4 Å². The molecule has 2 heterocycles. The van der Waals surface area contributed by atoms with Gasteiger partial charge in [0.15, 0.2) is 11.5 Å². The fraction of sp³-hybridized carbons (Fsp3) is 0.125. The van der Waals surface area contributed by atoms with Crippen LogP contribution in [0.5, 0.6) is 17.2 Å². The van der Waals surface area contributed by atoms with E-state index in [4.69, 9.17) is 19.9 Å². The number of carbonyl (C=O) groups is 1. The van der Waals surface area contributed by atoms with E-state index >= 15 is 0 Å². The summed E-state index contributed by atoms with van der Waals surface area (Å²) in [5.41, 5.74) is 8.87. The highest BCUT2D eigenvalue weighted by molar-refractivity contribution is 5.94. The second kappa shape index (κ2) is 8.71. The zero-order valence-corrected chi connectivity index (χ0v) is 17.2. The maximum absolute atomic E-state index is 11.7. The van der Waals surface area contributed by atoms with Crippen LogP contribution in [-0.4, -0.2) is 30.1 Å². The van der Waals surface area contributed by atoms with Crippen molar-refractivity contribution in [2.24, 2.45) is 5.73 Å². The molecule has 7 nitrogen and oxygen atoms in total. The first-order valence-electron chi connectivity index (χ1n) is 9.58. The molecule has 0 fully saturated rings.